The van der Waals surface area contributed by atoms with E-state index in [2.05, 4.69) is 52.1 Å². The molecule has 0 saturated heterocycles. The Morgan fingerprint density at radius 3 is 2.63 bits per heavy atom. The van der Waals surface area contributed by atoms with Gasteiger partial charge >= 0.3 is 0 Å². The molecule has 3 rings (SSSR count). The molecule has 1 heterocycles. The Balaban J connectivity index is 2.35. The topological polar surface area (TPSA) is 29.9 Å². The number of rotatable bonds is 2. The highest BCUT2D eigenvalue weighted by Crippen LogP contribution is 2.27. The maximum Gasteiger partial charge on any atom is 0.111 e. The Morgan fingerprint density at radius 1 is 1.05 bits per heavy atom. The number of nitrogens with zero attached hydrogens (tertiary/aromatic N) is 2. The van der Waals surface area contributed by atoms with Gasteiger partial charge in [0, 0.05) is 7.05 Å². The number of benzene rings is 2. The van der Waals surface area contributed by atoms with Crippen LogP contribution >= 0.6 is 0 Å². The first-order valence-electron chi connectivity index (χ1n) is 6.43. The molecule has 3 aromatic rings. The lowest BCUT2D eigenvalue weighted by Gasteiger charge is -2.13. The van der Waals surface area contributed by atoms with Gasteiger partial charge in [0.05, 0.1) is 22.4 Å². The highest BCUT2D eigenvalue weighted by atomic mass is 15.1. The van der Waals surface area contributed by atoms with E-state index in [-0.39, 0.29) is 0 Å². The van der Waals surface area contributed by atoms with Crippen LogP contribution in [0.2, 0.25) is 0 Å². The number of hydrogen-bond donors (Lipinski definition) is 1. The Labute approximate surface area is 112 Å². The van der Waals surface area contributed by atoms with Crippen molar-refractivity contribution < 1.29 is 0 Å². The van der Waals surface area contributed by atoms with Gasteiger partial charge in [0.1, 0.15) is 5.82 Å². The fraction of sp³-hybridized carbons (Fsp3) is 0.188. The third kappa shape index (κ3) is 1.87. The van der Waals surface area contributed by atoms with Crippen LogP contribution in [0.25, 0.3) is 16.7 Å². The van der Waals surface area contributed by atoms with E-state index in [1.807, 2.05) is 26.1 Å². The first-order valence-corrected chi connectivity index (χ1v) is 6.43. The van der Waals surface area contributed by atoms with Crippen LogP contribution in [-0.4, -0.2) is 16.6 Å². The fourth-order valence-electron chi connectivity index (χ4n) is 2.49. The summed E-state index contributed by atoms with van der Waals surface area (Å²) in [5.74, 6) is 1.00. The lowest BCUT2D eigenvalue weighted by Crippen LogP contribution is -2.02. The predicted molar refractivity (Wildman–Crippen MR) is 80.1 cm³/mol. The SMILES string of the molecule is CNc1ccc(C)cc1-n1c(C)nc2ccccc21. The highest BCUT2D eigenvalue weighted by molar-refractivity contribution is 5.80. The largest absolute Gasteiger partial charge is 0.386 e. The van der Waals surface area contributed by atoms with Gasteiger partial charge < -0.3 is 5.32 Å². The maximum atomic E-state index is 4.63. The minimum absolute atomic E-state index is 1.00. The number of hydrogen-bond acceptors (Lipinski definition) is 2. The minimum atomic E-state index is 1.00. The van der Waals surface area contributed by atoms with Crippen LogP contribution in [-0.2, 0) is 0 Å². The van der Waals surface area contributed by atoms with Gasteiger partial charge in [0.25, 0.3) is 0 Å². The summed E-state index contributed by atoms with van der Waals surface area (Å²) < 4.78 is 2.20. The first-order chi connectivity index (χ1) is 9.20. The van der Waals surface area contributed by atoms with Crippen LogP contribution in [0.1, 0.15) is 11.4 Å². The molecule has 3 heteroatoms. The molecule has 0 radical (unpaired) electrons. The van der Waals surface area contributed by atoms with Gasteiger partial charge in [-0.15, -0.1) is 0 Å². The van der Waals surface area contributed by atoms with Crippen molar-refractivity contribution in [1.82, 2.24) is 9.55 Å². The quantitative estimate of drug-likeness (QED) is 0.753. The Bertz CT molecular complexity index is 741. The van der Waals surface area contributed by atoms with Crippen LogP contribution in [0.3, 0.4) is 0 Å². The van der Waals surface area contributed by atoms with E-state index in [9.17, 15) is 0 Å². The number of aryl methyl sites for hydroxylation is 2. The maximum absolute atomic E-state index is 4.63. The summed E-state index contributed by atoms with van der Waals surface area (Å²) in [4.78, 5) is 4.63. The summed E-state index contributed by atoms with van der Waals surface area (Å²) in [5, 5.41) is 3.25. The zero-order chi connectivity index (χ0) is 13.4. The summed E-state index contributed by atoms with van der Waals surface area (Å²) in [7, 11) is 1.95. The second-order valence-corrected chi connectivity index (χ2v) is 4.75. The van der Waals surface area contributed by atoms with E-state index in [4.69, 9.17) is 0 Å². The number of fused-ring (bicyclic) bond motifs is 1. The van der Waals surface area contributed by atoms with Crippen molar-refractivity contribution in [1.29, 1.82) is 0 Å². The molecule has 0 aliphatic rings. The zero-order valence-electron chi connectivity index (χ0n) is 11.4. The predicted octanol–water partition coefficient (Wildman–Crippen LogP) is 3.68. The van der Waals surface area contributed by atoms with E-state index in [0.29, 0.717) is 0 Å². The molecule has 0 aliphatic heterocycles. The molecule has 1 N–H and O–H groups in total. The number of aromatic nitrogens is 2. The standard InChI is InChI=1S/C16H17N3/c1-11-8-9-13(17-3)16(10-11)19-12(2)18-14-6-4-5-7-15(14)19/h4-10,17H,1-3H3. The van der Waals surface area contributed by atoms with Crippen molar-refractivity contribution in [3.05, 3.63) is 53.9 Å². The van der Waals surface area contributed by atoms with Gasteiger partial charge in [-0.05, 0) is 43.7 Å². The van der Waals surface area contributed by atoms with Crippen molar-refractivity contribution in [3.63, 3.8) is 0 Å². The molecule has 0 bridgehead atoms. The average Bonchev–Trinajstić information content (AvgIpc) is 2.74. The summed E-state index contributed by atoms with van der Waals surface area (Å²) in [6.45, 7) is 4.15. The summed E-state index contributed by atoms with van der Waals surface area (Å²) >= 11 is 0. The molecular formula is C16H17N3. The molecule has 0 amide bonds. The van der Waals surface area contributed by atoms with Gasteiger partial charge in [-0.1, -0.05) is 18.2 Å². The summed E-state index contributed by atoms with van der Waals surface area (Å²) in [5.41, 5.74) is 5.67. The molecule has 0 spiro atoms. The van der Waals surface area contributed by atoms with E-state index >= 15 is 0 Å². The van der Waals surface area contributed by atoms with Crippen molar-refractivity contribution in [2.45, 2.75) is 13.8 Å². The second-order valence-electron chi connectivity index (χ2n) is 4.75. The second kappa shape index (κ2) is 4.43. The van der Waals surface area contributed by atoms with E-state index in [1.54, 1.807) is 0 Å². The van der Waals surface area contributed by atoms with Gasteiger partial charge in [0.2, 0.25) is 0 Å². The zero-order valence-corrected chi connectivity index (χ0v) is 11.4. The van der Waals surface area contributed by atoms with Crippen LogP contribution in [0.4, 0.5) is 5.69 Å². The Morgan fingerprint density at radius 2 is 1.84 bits per heavy atom. The van der Waals surface area contributed by atoms with Gasteiger partial charge in [-0.2, -0.15) is 0 Å². The molecule has 0 aliphatic carbocycles. The van der Waals surface area contributed by atoms with Gasteiger partial charge in [-0.3, -0.25) is 4.57 Å². The van der Waals surface area contributed by atoms with E-state index in [0.717, 1.165) is 28.2 Å². The van der Waals surface area contributed by atoms with E-state index in [1.165, 1.54) is 5.56 Å². The third-order valence-corrected chi connectivity index (χ3v) is 3.39. The van der Waals surface area contributed by atoms with Crippen LogP contribution in [0, 0.1) is 13.8 Å². The molecule has 96 valence electrons. The highest BCUT2D eigenvalue weighted by Gasteiger charge is 2.11. The number of nitrogens with one attached hydrogen (secondary N) is 1. The average molecular weight is 251 g/mol. The normalized spacial score (nSPS) is 10.9. The van der Waals surface area contributed by atoms with Gasteiger partial charge in [-0.25, -0.2) is 4.98 Å². The molecular weight excluding hydrogens is 234 g/mol. The smallest absolute Gasteiger partial charge is 0.111 e. The number of imidazole rings is 1. The van der Waals surface area contributed by atoms with Crippen molar-refractivity contribution >= 4 is 16.7 Å². The van der Waals surface area contributed by atoms with Crippen LogP contribution in [0.5, 0.6) is 0 Å². The van der Waals surface area contributed by atoms with Crippen molar-refractivity contribution in [3.8, 4) is 5.69 Å². The first kappa shape index (κ1) is 11.8. The Kier molecular flexibility index (Phi) is 2.75. The molecule has 2 aromatic carbocycles. The van der Waals surface area contributed by atoms with Crippen molar-refractivity contribution in [2.75, 3.05) is 12.4 Å². The van der Waals surface area contributed by atoms with Crippen molar-refractivity contribution in [2.24, 2.45) is 0 Å². The molecule has 0 fully saturated rings. The fourth-order valence-corrected chi connectivity index (χ4v) is 2.49. The Hall–Kier alpha value is -2.29. The van der Waals surface area contributed by atoms with Crippen LogP contribution in [0.15, 0.2) is 42.5 Å². The number of para-hydroxylation sites is 2. The monoisotopic (exact) mass is 251 g/mol. The number of anilines is 1. The lowest BCUT2D eigenvalue weighted by atomic mass is 10.2. The summed E-state index contributed by atoms with van der Waals surface area (Å²) in [6, 6.07) is 14.6. The van der Waals surface area contributed by atoms with Gasteiger partial charge in [0.15, 0.2) is 0 Å². The molecule has 3 nitrogen and oxygen atoms in total. The lowest BCUT2D eigenvalue weighted by molar-refractivity contribution is 0.999. The molecule has 0 saturated carbocycles. The van der Waals surface area contributed by atoms with Crippen LogP contribution < -0.4 is 5.32 Å². The third-order valence-electron chi connectivity index (χ3n) is 3.39. The molecule has 19 heavy (non-hydrogen) atoms. The molecule has 0 unspecified atom stereocenters. The molecule has 1 aromatic heterocycles. The molecule has 0 atom stereocenters. The minimum Gasteiger partial charge on any atom is -0.386 e. The summed E-state index contributed by atoms with van der Waals surface area (Å²) in [6.07, 6.45) is 0. The van der Waals surface area contributed by atoms with E-state index < -0.39 is 0 Å².